The van der Waals surface area contributed by atoms with Crippen molar-refractivity contribution in [3.8, 4) is 0 Å². The second kappa shape index (κ2) is 7.56. The Labute approximate surface area is 126 Å². The van der Waals surface area contributed by atoms with Crippen LogP contribution in [0, 0.1) is 13.8 Å². The first-order valence-corrected chi connectivity index (χ1v) is 8.54. The van der Waals surface area contributed by atoms with E-state index in [0.717, 1.165) is 16.7 Å². The topological polar surface area (TPSA) is 72.5 Å². The molecule has 0 aliphatic rings. The highest BCUT2D eigenvalue weighted by molar-refractivity contribution is 7.89. The first-order valence-electron chi connectivity index (χ1n) is 6.89. The second-order valence-electron chi connectivity index (χ2n) is 5.20. The van der Waals surface area contributed by atoms with Crippen molar-refractivity contribution < 1.29 is 17.9 Å². The monoisotopic (exact) mass is 313 g/mol. The van der Waals surface area contributed by atoms with Crippen LogP contribution in [0.3, 0.4) is 0 Å². The zero-order valence-electron chi connectivity index (χ0n) is 13.0. The Morgan fingerprint density at radius 1 is 1.33 bits per heavy atom. The molecule has 0 saturated carbocycles. The van der Waals surface area contributed by atoms with Gasteiger partial charge >= 0.3 is 5.97 Å². The Morgan fingerprint density at radius 2 is 2.00 bits per heavy atom. The van der Waals surface area contributed by atoms with Gasteiger partial charge in [0, 0.05) is 12.5 Å². The Bertz CT molecular complexity index is 596. The van der Waals surface area contributed by atoms with Crippen molar-refractivity contribution >= 4 is 16.0 Å². The maximum atomic E-state index is 12.0. The molecule has 21 heavy (non-hydrogen) atoms. The predicted octanol–water partition coefficient (Wildman–Crippen LogP) is 2.24. The molecule has 0 aliphatic heterocycles. The smallest absolute Gasteiger partial charge is 0.305 e. The summed E-state index contributed by atoms with van der Waals surface area (Å²) >= 11 is 0. The van der Waals surface area contributed by atoms with E-state index in [0.29, 0.717) is 0 Å². The van der Waals surface area contributed by atoms with E-state index in [1.807, 2.05) is 39.0 Å². The lowest BCUT2D eigenvalue weighted by molar-refractivity contribution is -0.140. The highest BCUT2D eigenvalue weighted by Crippen LogP contribution is 2.19. The molecule has 0 radical (unpaired) electrons. The number of carbonyl (C=O) groups is 1. The number of hydrogen-bond acceptors (Lipinski definition) is 4. The summed E-state index contributed by atoms with van der Waals surface area (Å²) in [5, 5.41) is 0. The van der Waals surface area contributed by atoms with Crippen LogP contribution in [-0.2, 0) is 19.6 Å². The minimum absolute atomic E-state index is 0.0860. The van der Waals surface area contributed by atoms with E-state index in [2.05, 4.69) is 9.46 Å². The largest absolute Gasteiger partial charge is 0.469 e. The number of esters is 1. The maximum Gasteiger partial charge on any atom is 0.305 e. The third-order valence-corrected chi connectivity index (χ3v) is 4.81. The van der Waals surface area contributed by atoms with Crippen LogP contribution in [0.15, 0.2) is 18.2 Å². The SMILES string of the molecule is COC(=O)CCCS(=O)(=O)NC(C)c1ccc(C)cc1C. The Kier molecular flexibility index (Phi) is 6.36. The molecule has 0 aliphatic carbocycles. The summed E-state index contributed by atoms with van der Waals surface area (Å²) in [6.07, 6.45) is 0.358. The van der Waals surface area contributed by atoms with Crippen LogP contribution in [0.5, 0.6) is 0 Å². The third kappa shape index (κ3) is 5.85. The summed E-state index contributed by atoms with van der Waals surface area (Å²) in [4.78, 5) is 11.0. The van der Waals surface area contributed by atoms with Gasteiger partial charge in [-0.1, -0.05) is 23.8 Å². The molecule has 6 heteroatoms. The average molecular weight is 313 g/mol. The minimum Gasteiger partial charge on any atom is -0.469 e. The van der Waals surface area contributed by atoms with Crippen LogP contribution < -0.4 is 4.72 Å². The highest BCUT2D eigenvalue weighted by Gasteiger charge is 2.17. The number of hydrogen-bond donors (Lipinski definition) is 1. The van der Waals surface area contributed by atoms with Gasteiger partial charge in [0.05, 0.1) is 12.9 Å². The van der Waals surface area contributed by atoms with Gasteiger partial charge in [-0.25, -0.2) is 13.1 Å². The lowest BCUT2D eigenvalue weighted by Gasteiger charge is -2.17. The van der Waals surface area contributed by atoms with Crippen molar-refractivity contribution in [1.29, 1.82) is 0 Å². The number of aryl methyl sites for hydroxylation is 2. The Morgan fingerprint density at radius 3 is 2.57 bits per heavy atom. The van der Waals surface area contributed by atoms with E-state index in [-0.39, 0.29) is 24.6 Å². The lowest BCUT2D eigenvalue weighted by atomic mass is 10.0. The van der Waals surface area contributed by atoms with Gasteiger partial charge < -0.3 is 4.74 Å². The minimum atomic E-state index is -3.42. The number of ether oxygens (including phenoxy) is 1. The molecule has 0 bridgehead atoms. The molecule has 1 aromatic rings. The summed E-state index contributed by atoms with van der Waals surface area (Å²) in [7, 11) is -2.13. The number of nitrogens with one attached hydrogen (secondary N) is 1. The fraction of sp³-hybridized carbons (Fsp3) is 0.533. The maximum absolute atomic E-state index is 12.0. The van der Waals surface area contributed by atoms with E-state index >= 15 is 0 Å². The van der Waals surface area contributed by atoms with Crippen molar-refractivity contribution in [3.63, 3.8) is 0 Å². The summed E-state index contributed by atoms with van der Waals surface area (Å²) in [6.45, 7) is 5.78. The van der Waals surface area contributed by atoms with Gasteiger partial charge in [0.25, 0.3) is 0 Å². The number of sulfonamides is 1. The molecule has 1 atom stereocenters. The fourth-order valence-electron chi connectivity index (χ4n) is 2.21. The number of rotatable bonds is 7. The third-order valence-electron chi connectivity index (χ3n) is 3.27. The van der Waals surface area contributed by atoms with Crippen molar-refractivity contribution in [2.45, 2.75) is 39.7 Å². The molecule has 0 heterocycles. The predicted molar refractivity (Wildman–Crippen MR) is 82.5 cm³/mol. The summed E-state index contributed by atoms with van der Waals surface area (Å²) in [5.41, 5.74) is 3.15. The van der Waals surface area contributed by atoms with Gasteiger partial charge in [-0.05, 0) is 38.3 Å². The molecule has 0 spiro atoms. The van der Waals surface area contributed by atoms with Crippen LogP contribution in [-0.4, -0.2) is 27.2 Å². The zero-order chi connectivity index (χ0) is 16.0. The number of methoxy groups -OCH3 is 1. The Balaban J connectivity index is 2.63. The molecule has 0 saturated heterocycles. The molecular formula is C15H23NO4S. The van der Waals surface area contributed by atoms with Crippen LogP contribution in [0.25, 0.3) is 0 Å². The molecule has 118 valence electrons. The van der Waals surface area contributed by atoms with Crippen LogP contribution in [0.4, 0.5) is 0 Å². The van der Waals surface area contributed by atoms with Gasteiger partial charge in [0.2, 0.25) is 10.0 Å². The molecular weight excluding hydrogens is 290 g/mol. The number of carbonyl (C=O) groups excluding carboxylic acids is 1. The van der Waals surface area contributed by atoms with Crippen molar-refractivity contribution in [1.82, 2.24) is 4.72 Å². The summed E-state index contributed by atoms with van der Waals surface area (Å²) in [5.74, 6) is -0.482. The van der Waals surface area contributed by atoms with E-state index < -0.39 is 16.0 Å². The molecule has 0 amide bonds. The number of benzene rings is 1. The second-order valence-corrected chi connectivity index (χ2v) is 7.07. The lowest BCUT2D eigenvalue weighted by Crippen LogP contribution is -2.29. The van der Waals surface area contributed by atoms with E-state index in [1.54, 1.807) is 0 Å². The first kappa shape index (κ1) is 17.7. The van der Waals surface area contributed by atoms with Crippen molar-refractivity contribution in [2.75, 3.05) is 12.9 Å². The van der Waals surface area contributed by atoms with Gasteiger partial charge in [-0.15, -0.1) is 0 Å². The van der Waals surface area contributed by atoms with Gasteiger partial charge in [0.15, 0.2) is 0 Å². The van der Waals surface area contributed by atoms with E-state index in [1.165, 1.54) is 7.11 Å². The normalized spacial score (nSPS) is 13.0. The first-order chi connectivity index (χ1) is 9.75. The van der Waals surface area contributed by atoms with Gasteiger partial charge in [0.1, 0.15) is 0 Å². The molecule has 0 aromatic heterocycles. The van der Waals surface area contributed by atoms with Gasteiger partial charge in [-0.3, -0.25) is 4.79 Å². The standard InChI is InChI=1S/C15H23NO4S/c1-11-7-8-14(12(2)10-11)13(3)16-21(18,19)9-5-6-15(17)20-4/h7-8,10,13,16H,5-6,9H2,1-4H3. The highest BCUT2D eigenvalue weighted by atomic mass is 32.2. The fourth-order valence-corrected chi connectivity index (χ4v) is 3.52. The van der Waals surface area contributed by atoms with Crippen molar-refractivity contribution in [2.24, 2.45) is 0 Å². The molecule has 1 unspecified atom stereocenters. The Hall–Kier alpha value is -1.40. The molecule has 0 fully saturated rings. The van der Waals surface area contributed by atoms with E-state index in [9.17, 15) is 13.2 Å². The molecule has 1 aromatic carbocycles. The molecule has 1 rings (SSSR count). The zero-order valence-corrected chi connectivity index (χ0v) is 13.8. The van der Waals surface area contributed by atoms with E-state index in [4.69, 9.17) is 0 Å². The molecule has 1 N–H and O–H groups in total. The van der Waals surface area contributed by atoms with Crippen LogP contribution >= 0.6 is 0 Å². The summed E-state index contributed by atoms with van der Waals surface area (Å²) in [6, 6.07) is 5.63. The quantitative estimate of drug-likeness (QED) is 0.784. The van der Waals surface area contributed by atoms with Crippen LogP contribution in [0.1, 0.15) is 42.5 Å². The summed E-state index contributed by atoms with van der Waals surface area (Å²) < 4.78 is 31.1. The van der Waals surface area contributed by atoms with Crippen molar-refractivity contribution in [3.05, 3.63) is 34.9 Å². The van der Waals surface area contributed by atoms with Crippen LogP contribution in [0.2, 0.25) is 0 Å². The van der Waals surface area contributed by atoms with Gasteiger partial charge in [-0.2, -0.15) is 0 Å². The molecule has 5 nitrogen and oxygen atoms in total. The average Bonchev–Trinajstić information content (AvgIpc) is 2.37.